The van der Waals surface area contributed by atoms with Crippen molar-refractivity contribution in [3.05, 3.63) is 40.2 Å². The van der Waals surface area contributed by atoms with Crippen molar-refractivity contribution in [3.63, 3.8) is 0 Å². The lowest BCUT2D eigenvalue weighted by Crippen LogP contribution is -1.99. The first-order valence-electron chi connectivity index (χ1n) is 5.84. The van der Waals surface area contributed by atoms with Crippen LogP contribution in [-0.2, 0) is 11.2 Å². The van der Waals surface area contributed by atoms with E-state index >= 15 is 0 Å². The van der Waals surface area contributed by atoms with Crippen LogP contribution >= 0.6 is 11.3 Å². The van der Waals surface area contributed by atoms with Crippen LogP contribution in [0.15, 0.2) is 30.3 Å². The number of carbonyl (C=O) groups is 1. The summed E-state index contributed by atoms with van der Waals surface area (Å²) in [6.45, 7) is 4.20. The normalized spacial score (nSPS) is 10.8. The summed E-state index contributed by atoms with van der Waals surface area (Å²) in [4.78, 5) is 16.4. The first-order valence-corrected chi connectivity index (χ1v) is 6.66. The minimum atomic E-state index is -0.835. The molecule has 18 heavy (non-hydrogen) atoms. The molecule has 2 rings (SSSR count). The maximum Gasteiger partial charge on any atom is 0.310 e. The second-order valence-corrected chi connectivity index (χ2v) is 5.53. The Kier molecular flexibility index (Phi) is 3.77. The summed E-state index contributed by atoms with van der Waals surface area (Å²) >= 11 is 1.50. The van der Waals surface area contributed by atoms with E-state index in [9.17, 15) is 4.79 Å². The Balaban J connectivity index is 2.45. The Morgan fingerprint density at radius 3 is 2.56 bits per heavy atom. The number of aromatic nitrogens is 1. The van der Waals surface area contributed by atoms with E-state index < -0.39 is 5.97 Å². The monoisotopic (exact) mass is 261 g/mol. The fraction of sp³-hybridized carbons (Fsp3) is 0.286. The smallest absolute Gasteiger partial charge is 0.310 e. The molecule has 3 nitrogen and oxygen atoms in total. The van der Waals surface area contributed by atoms with Gasteiger partial charge in [-0.1, -0.05) is 44.2 Å². The zero-order valence-electron chi connectivity index (χ0n) is 10.4. The molecule has 0 aliphatic rings. The van der Waals surface area contributed by atoms with Crippen LogP contribution in [0, 0.1) is 0 Å². The quantitative estimate of drug-likeness (QED) is 0.915. The Morgan fingerprint density at radius 1 is 1.33 bits per heavy atom. The number of nitrogens with zero attached hydrogens (tertiary/aromatic N) is 1. The van der Waals surface area contributed by atoms with Crippen molar-refractivity contribution >= 4 is 17.3 Å². The van der Waals surface area contributed by atoms with E-state index in [2.05, 4.69) is 18.8 Å². The van der Waals surface area contributed by atoms with Gasteiger partial charge in [-0.05, 0) is 5.92 Å². The molecule has 0 radical (unpaired) electrons. The predicted octanol–water partition coefficient (Wildman–Crippen LogP) is 3.56. The number of rotatable bonds is 4. The van der Waals surface area contributed by atoms with Crippen molar-refractivity contribution in [2.45, 2.75) is 26.2 Å². The third kappa shape index (κ3) is 2.76. The van der Waals surface area contributed by atoms with Gasteiger partial charge in [0.1, 0.15) is 5.01 Å². The molecule has 2 aromatic rings. The van der Waals surface area contributed by atoms with Gasteiger partial charge >= 0.3 is 5.97 Å². The summed E-state index contributed by atoms with van der Waals surface area (Å²) in [5, 5.41) is 9.51. The third-order valence-electron chi connectivity index (χ3n) is 2.57. The molecule has 0 aliphatic carbocycles. The highest BCUT2D eigenvalue weighted by Gasteiger charge is 2.16. The zero-order valence-corrected chi connectivity index (χ0v) is 11.2. The van der Waals surface area contributed by atoms with Crippen LogP contribution in [0.1, 0.15) is 29.7 Å². The molecule has 94 valence electrons. The van der Waals surface area contributed by atoms with Gasteiger partial charge in [0, 0.05) is 10.4 Å². The molecule has 0 amide bonds. The van der Waals surface area contributed by atoms with Crippen molar-refractivity contribution in [1.29, 1.82) is 0 Å². The van der Waals surface area contributed by atoms with Crippen LogP contribution in [0.2, 0.25) is 0 Å². The highest BCUT2D eigenvalue weighted by Crippen LogP contribution is 2.33. The number of aliphatic carboxylic acids is 1. The largest absolute Gasteiger partial charge is 0.481 e. The van der Waals surface area contributed by atoms with Gasteiger partial charge < -0.3 is 5.11 Å². The fourth-order valence-corrected chi connectivity index (χ4v) is 2.86. The molecule has 0 spiro atoms. The molecule has 0 aliphatic heterocycles. The third-order valence-corrected chi connectivity index (χ3v) is 3.93. The Bertz CT molecular complexity index is 546. The standard InChI is InChI=1S/C14H15NO2S/c1-9(2)14-13(10-6-4-3-5-7-10)15-11(18-14)8-12(16)17/h3-7,9H,8H2,1-2H3,(H,16,17). The van der Waals surface area contributed by atoms with Crippen LogP contribution in [0.4, 0.5) is 0 Å². The molecule has 1 N–H and O–H groups in total. The lowest BCUT2D eigenvalue weighted by atomic mass is 10.1. The molecule has 4 heteroatoms. The van der Waals surface area contributed by atoms with Gasteiger partial charge in [-0.2, -0.15) is 0 Å². The fourth-order valence-electron chi connectivity index (χ4n) is 1.78. The molecule has 0 saturated carbocycles. The minimum Gasteiger partial charge on any atom is -0.481 e. The van der Waals surface area contributed by atoms with E-state index in [1.165, 1.54) is 11.3 Å². The van der Waals surface area contributed by atoms with Crippen molar-refractivity contribution in [3.8, 4) is 11.3 Å². The van der Waals surface area contributed by atoms with Crippen molar-refractivity contribution < 1.29 is 9.90 Å². The number of benzene rings is 1. The number of hydrogen-bond donors (Lipinski definition) is 1. The summed E-state index contributed by atoms with van der Waals surface area (Å²) in [5.41, 5.74) is 1.97. The van der Waals surface area contributed by atoms with E-state index in [0.29, 0.717) is 10.9 Å². The van der Waals surface area contributed by atoms with Gasteiger partial charge in [-0.3, -0.25) is 4.79 Å². The molecule has 1 heterocycles. The second kappa shape index (κ2) is 5.31. The molecule has 1 aromatic heterocycles. The molecule has 0 unspecified atom stereocenters. The van der Waals surface area contributed by atoms with Crippen molar-refractivity contribution in [1.82, 2.24) is 4.98 Å². The van der Waals surface area contributed by atoms with Gasteiger partial charge in [-0.25, -0.2) is 4.98 Å². The molecule has 1 aromatic carbocycles. The van der Waals surface area contributed by atoms with Gasteiger partial charge in [0.15, 0.2) is 0 Å². The molecule has 0 atom stereocenters. The second-order valence-electron chi connectivity index (χ2n) is 4.41. The van der Waals surface area contributed by atoms with E-state index in [1.54, 1.807) is 0 Å². The van der Waals surface area contributed by atoms with Crippen LogP contribution in [0.25, 0.3) is 11.3 Å². The Labute approximate surface area is 110 Å². The van der Waals surface area contributed by atoms with Crippen molar-refractivity contribution in [2.24, 2.45) is 0 Å². The summed E-state index contributed by atoms with van der Waals surface area (Å²) in [7, 11) is 0. The Morgan fingerprint density at radius 2 is 2.00 bits per heavy atom. The predicted molar refractivity (Wildman–Crippen MR) is 73.0 cm³/mol. The summed E-state index contributed by atoms with van der Waals surface area (Å²) < 4.78 is 0. The van der Waals surface area contributed by atoms with Gasteiger partial charge in [0.05, 0.1) is 12.1 Å². The van der Waals surface area contributed by atoms with Crippen LogP contribution in [0.5, 0.6) is 0 Å². The van der Waals surface area contributed by atoms with E-state index in [4.69, 9.17) is 5.11 Å². The van der Waals surface area contributed by atoms with Crippen LogP contribution in [0.3, 0.4) is 0 Å². The average Bonchev–Trinajstić information content (AvgIpc) is 2.73. The molecule has 0 fully saturated rings. The Hall–Kier alpha value is -1.68. The number of carboxylic acids is 1. The average molecular weight is 261 g/mol. The van der Waals surface area contributed by atoms with Gasteiger partial charge in [0.25, 0.3) is 0 Å². The molecular formula is C14H15NO2S. The van der Waals surface area contributed by atoms with E-state index in [-0.39, 0.29) is 6.42 Å². The summed E-state index contributed by atoms with van der Waals surface area (Å²) in [5.74, 6) is -0.487. The van der Waals surface area contributed by atoms with Gasteiger partial charge in [-0.15, -0.1) is 11.3 Å². The molecule has 0 bridgehead atoms. The summed E-state index contributed by atoms with van der Waals surface area (Å²) in [6, 6.07) is 9.91. The summed E-state index contributed by atoms with van der Waals surface area (Å²) in [6.07, 6.45) is -0.00276. The maximum absolute atomic E-state index is 10.8. The van der Waals surface area contributed by atoms with Crippen LogP contribution < -0.4 is 0 Å². The molecular weight excluding hydrogens is 246 g/mol. The number of hydrogen-bond acceptors (Lipinski definition) is 3. The zero-order chi connectivity index (χ0) is 13.1. The van der Waals surface area contributed by atoms with Gasteiger partial charge in [0.2, 0.25) is 0 Å². The topological polar surface area (TPSA) is 50.2 Å². The van der Waals surface area contributed by atoms with Crippen molar-refractivity contribution in [2.75, 3.05) is 0 Å². The number of carboxylic acid groups (broad SMARTS) is 1. The lowest BCUT2D eigenvalue weighted by molar-refractivity contribution is -0.136. The van der Waals surface area contributed by atoms with Crippen LogP contribution in [-0.4, -0.2) is 16.1 Å². The maximum atomic E-state index is 10.8. The first kappa shape index (κ1) is 12.8. The lowest BCUT2D eigenvalue weighted by Gasteiger charge is -2.04. The highest BCUT2D eigenvalue weighted by atomic mass is 32.1. The number of thiazole rings is 1. The highest BCUT2D eigenvalue weighted by molar-refractivity contribution is 7.12. The van der Waals surface area contributed by atoms with E-state index in [0.717, 1.165) is 16.1 Å². The SMILES string of the molecule is CC(C)c1sc(CC(=O)O)nc1-c1ccccc1. The molecule has 0 saturated heterocycles. The minimum absolute atomic E-state index is 0.00276. The first-order chi connectivity index (χ1) is 8.58. The van der Waals surface area contributed by atoms with E-state index in [1.807, 2.05) is 30.3 Å².